The van der Waals surface area contributed by atoms with Gasteiger partial charge in [0.2, 0.25) is 5.78 Å². The van der Waals surface area contributed by atoms with Gasteiger partial charge in [-0.1, -0.05) is 30.3 Å². The van der Waals surface area contributed by atoms with Gasteiger partial charge in [-0.2, -0.15) is 10.2 Å². The number of amides is 2. The number of imidazole rings is 1. The summed E-state index contributed by atoms with van der Waals surface area (Å²) in [6.45, 7) is 0. The Labute approximate surface area is 164 Å². The monoisotopic (exact) mass is 388 g/mol. The SMILES string of the molecule is O=C(Nc1ccn2cc(-c3ccccc3)nc2n1)c1n[nH]nc1C(=O)NC1CC1. The first kappa shape index (κ1) is 17.0. The standard InChI is InChI=1S/C19H16N8O2/c28-17(20-12-6-7-12)15-16(25-26-24-15)18(29)22-14-8-9-27-10-13(21-19(27)23-14)11-4-2-1-3-5-11/h1-5,8-10,12H,6-7H2,(H,20,28)(H,24,25,26)(H,21,22,23,29). The van der Waals surface area contributed by atoms with Crippen molar-refractivity contribution in [3.63, 3.8) is 0 Å². The van der Waals surface area contributed by atoms with E-state index in [2.05, 4.69) is 36.0 Å². The first-order chi connectivity index (χ1) is 14.2. The zero-order valence-electron chi connectivity index (χ0n) is 15.2. The van der Waals surface area contributed by atoms with E-state index in [1.165, 1.54) is 0 Å². The third kappa shape index (κ3) is 3.43. The molecule has 29 heavy (non-hydrogen) atoms. The average Bonchev–Trinajstić information content (AvgIpc) is 3.25. The molecular formula is C19H16N8O2. The molecule has 0 radical (unpaired) electrons. The number of hydrogen-bond donors (Lipinski definition) is 3. The van der Waals surface area contributed by atoms with Crippen LogP contribution in [0.2, 0.25) is 0 Å². The lowest BCUT2D eigenvalue weighted by Gasteiger charge is -2.04. The molecule has 5 rings (SSSR count). The van der Waals surface area contributed by atoms with Crippen LogP contribution in [0.25, 0.3) is 17.0 Å². The maximum atomic E-state index is 12.6. The molecular weight excluding hydrogens is 372 g/mol. The smallest absolute Gasteiger partial charge is 0.279 e. The quantitative estimate of drug-likeness (QED) is 0.477. The Bertz CT molecular complexity index is 1210. The molecule has 0 bridgehead atoms. The Kier molecular flexibility index (Phi) is 4.01. The molecule has 4 aromatic rings. The van der Waals surface area contributed by atoms with E-state index in [0.29, 0.717) is 11.6 Å². The van der Waals surface area contributed by atoms with Gasteiger partial charge in [0.1, 0.15) is 5.82 Å². The summed E-state index contributed by atoms with van der Waals surface area (Å²) in [4.78, 5) is 33.7. The molecule has 3 aromatic heterocycles. The number of H-pyrrole nitrogens is 1. The third-order valence-electron chi connectivity index (χ3n) is 4.53. The summed E-state index contributed by atoms with van der Waals surface area (Å²) in [5, 5.41) is 15.4. The van der Waals surface area contributed by atoms with Crippen LogP contribution in [0.4, 0.5) is 5.82 Å². The van der Waals surface area contributed by atoms with Crippen molar-refractivity contribution in [1.82, 2.24) is 35.1 Å². The molecule has 10 nitrogen and oxygen atoms in total. The predicted molar refractivity (Wildman–Crippen MR) is 103 cm³/mol. The second-order valence-electron chi connectivity index (χ2n) is 6.73. The van der Waals surface area contributed by atoms with Crippen molar-refractivity contribution in [3.05, 3.63) is 60.2 Å². The lowest BCUT2D eigenvalue weighted by molar-refractivity contribution is 0.0932. The van der Waals surface area contributed by atoms with Gasteiger partial charge < -0.3 is 10.6 Å². The van der Waals surface area contributed by atoms with Crippen molar-refractivity contribution < 1.29 is 9.59 Å². The molecule has 1 fully saturated rings. The van der Waals surface area contributed by atoms with Crippen molar-refractivity contribution >= 4 is 23.4 Å². The molecule has 0 atom stereocenters. The minimum absolute atomic E-state index is 0.0392. The number of fused-ring (bicyclic) bond motifs is 1. The number of aromatic amines is 1. The summed E-state index contributed by atoms with van der Waals surface area (Å²) in [5.74, 6) is -0.264. The molecule has 1 aromatic carbocycles. The molecule has 1 saturated carbocycles. The number of rotatable bonds is 5. The van der Waals surface area contributed by atoms with Crippen LogP contribution in [0.1, 0.15) is 33.8 Å². The number of hydrogen-bond acceptors (Lipinski definition) is 6. The van der Waals surface area contributed by atoms with Crippen LogP contribution in [0, 0.1) is 0 Å². The van der Waals surface area contributed by atoms with E-state index >= 15 is 0 Å². The van der Waals surface area contributed by atoms with Crippen molar-refractivity contribution in [2.24, 2.45) is 0 Å². The first-order valence-corrected chi connectivity index (χ1v) is 9.11. The second kappa shape index (κ2) is 6.82. The molecule has 1 aliphatic rings. The van der Waals surface area contributed by atoms with Crippen LogP contribution < -0.4 is 10.6 Å². The molecule has 0 saturated heterocycles. The fraction of sp³-hybridized carbons (Fsp3) is 0.158. The van der Waals surface area contributed by atoms with E-state index in [-0.39, 0.29) is 17.4 Å². The summed E-state index contributed by atoms with van der Waals surface area (Å²) >= 11 is 0. The normalized spacial score (nSPS) is 13.4. The number of anilines is 1. The number of benzene rings is 1. The molecule has 10 heteroatoms. The van der Waals surface area contributed by atoms with Crippen molar-refractivity contribution in [1.29, 1.82) is 0 Å². The van der Waals surface area contributed by atoms with E-state index in [1.807, 2.05) is 36.5 Å². The fourth-order valence-electron chi connectivity index (χ4n) is 2.89. The summed E-state index contributed by atoms with van der Waals surface area (Å²) in [6, 6.07) is 11.5. The van der Waals surface area contributed by atoms with E-state index < -0.39 is 11.8 Å². The molecule has 0 unspecified atom stereocenters. The van der Waals surface area contributed by atoms with Crippen LogP contribution in [0.5, 0.6) is 0 Å². The third-order valence-corrected chi connectivity index (χ3v) is 4.53. The largest absolute Gasteiger partial charge is 0.348 e. The molecule has 144 valence electrons. The molecule has 0 spiro atoms. The van der Waals surface area contributed by atoms with Crippen molar-refractivity contribution in [2.75, 3.05) is 5.32 Å². The highest BCUT2D eigenvalue weighted by atomic mass is 16.2. The summed E-state index contributed by atoms with van der Waals surface area (Å²) < 4.78 is 1.77. The van der Waals surface area contributed by atoms with Crippen molar-refractivity contribution in [3.8, 4) is 11.3 Å². The molecule has 1 aliphatic carbocycles. The average molecular weight is 388 g/mol. The molecule has 2 amide bonds. The highest BCUT2D eigenvalue weighted by Crippen LogP contribution is 2.20. The fourth-order valence-corrected chi connectivity index (χ4v) is 2.89. The highest BCUT2D eigenvalue weighted by Gasteiger charge is 2.28. The van der Waals surface area contributed by atoms with Crippen LogP contribution in [-0.4, -0.2) is 47.6 Å². The van der Waals surface area contributed by atoms with Crippen LogP contribution in [0.3, 0.4) is 0 Å². The number of nitrogens with zero attached hydrogens (tertiary/aromatic N) is 5. The lowest BCUT2D eigenvalue weighted by atomic mass is 10.2. The first-order valence-electron chi connectivity index (χ1n) is 9.11. The Morgan fingerprint density at radius 3 is 2.52 bits per heavy atom. The van der Waals surface area contributed by atoms with Gasteiger partial charge in [-0.05, 0) is 18.9 Å². The summed E-state index contributed by atoms with van der Waals surface area (Å²) in [7, 11) is 0. The van der Waals surface area contributed by atoms with E-state index in [4.69, 9.17) is 0 Å². The molecule has 0 aliphatic heterocycles. The number of aromatic nitrogens is 6. The second-order valence-corrected chi connectivity index (χ2v) is 6.73. The van der Waals surface area contributed by atoms with Crippen molar-refractivity contribution in [2.45, 2.75) is 18.9 Å². The van der Waals surface area contributed by atoms with Gasteiger partial charge >= 0.3 is 0 Å². The van der Waals surface area contributed by atoms with Gasteiger partial charge in [0.15, 0.2) is 11.4 Å². The van der Waals surface area contributed by atoms with Gasteiger partial charge in [0.05, 0.1) is 5.69 Å². The zero-order chi connectivity index (χ0) is 19.8. The van der Waals surface area contributed by atoms with Gasteiger partial charge in [-0.25, -0.2) is 4.98 Å². The van der Waals surface area contributed by atoms with Crippen LogP contribution >= 0.6 is 0 Å². The summed E-state index contributed by atoms with van der Waals surface area (Å²) in [6.07, 6.45) is 5.48. The Hall–Kier alpha value is -4.08. The number of nitrogens with one attached hydrogen (secondary N) is 3. The van der Waals surface area contributed by atoms with Gasteiger partial charge in [0.25, 0.3) is 11.8 Å². The Morgan fingerprint density at radius 2 is 1.76 bits per heavy atom. The topological polar surface area (TPSA) is 130 Å². The zero-order valence-corrected chi connectivity index (χ0v) is 15.2. The van der Waals surface area contributed by atoms with Crippen LogP contribution in [-0.2, 0) is 0 Å². The maximum absolute atomic E-state index is 12.6. The lowest BCUT2D eigenvalue weighted by Crippen LogP contribution is -2.28. The Balaban J connectivity index is 1.37. The predicted octanol–water partition coefficient (Wildman–Crippen LogP) is 1.66. The summed E-state index contributed by atoms with van der Waals surface area (Å²) in [5.41, 5.74) is 1.62. The Morgan fingerprint density at radius 1 is 1.00 bits per heavy atom. The highest BCUT2D eigenvalue weighted by molar-refractivity contribution is 6.09. The van der Waals surface area contributed by atoms with Gasteiger partial charge in [-0.3, -0.25) is 14.0 Å². The molecule has 3 N–H and O–H groups in total. The van der Waals surface area contributed by atoms with E-state index in [0.717, 1.165) is 24.1 Å². The maximum Gasteiger partial charge on any atom is 0.279 e. The van der Waals surface area contributed by atoms with Gasteiger partial charge in [-0.15, -0.1) is 10.2 Å². The van der Waals surface area contributed by atoms with Gasteiger partial charge in [0, 0.05) is 24.0 Å². The molecule has 3 heterocycles. The minimum Gasteiger partial charge on any atom is -0.348 e. The van der Waals surface area contributed by atoms with Crippen LogP contribution in [0.15, 0.2) is 48.8 Å². The number of carbonyl (C=O) groups excluding carboxylic acids is 2. The van der Waals surface area contributed by atoms with E-state index in [9.17, 15) is 9.59 Å². The minimum atomic E-state index is -0.577. The van der Waals surface area contributed by atoms with E-state index in [1.54, 1.807) is 16.7 Å². The number of carbonyl (C=O) groups is 2.